The highest BCUT2D eigenvalue weighted by Crippen LogP contribution is 2.12. The number of aliphatic imine (C=N–C) groups is 1. The second kappa shape index (κ2) is 7.05. The van der Waals surface area contributed by atoms with E-state index >= 15 is 0 Å². The highest BCUT2D eigenvalue weighted by Gasteiger charge is 1.97. The SMILES string of the molecule is COCCN=C(NN)Nc1ccc(Cl)cc1. The van der Waals surface area contributed by atoms with E-state index in [1.54, 1.807) is 19.2 Å². The summed E-state index contributed by atoms with van der Waals surface area (Å²) >= 11 is 5.77. The number of nitrogens with one attached hydrogen (secondary N) is 2. The van der Waals surface area contributed by atoms with E-state index in [-0.39, 0.29) is 0 Å². The van der Waals surface area contributed by atoms with Gasteiger partial charge in [0.05, 0.1) is 13.2 Å². The van der Waals surface area contributed by atoms with Gasteiger partial charge in [0.15, 0.2) is 0 Å². The maximum atomic E-state index is 5.77. The molecule has 6 heteroatoms. The second-order valence-electron chi connectivity index (χ2n) is 3.00. The average molecular weight is 243 g/mol. The summed E-state index contributed by atoms with van der Waals surface area (Å²) < 4.78 is 4.88. The topological polar surface area (TPSA) is 71.7 Å². The van der Waals surface area contributed by atoms with Gasteiger partial charge in [0.25, 0.3) is 0 Å². The van der Waals surface area contributed by atoms with Crippen LogP contribution in [0.2, 0.25) is 5.02 Å². The molecule has 0 heterocycles. The predicted molar refractivity (Wildman–Crippen MR) is 66.6 cm³/mol. The smallest absolute Gasteiger partial charge is 0.210 e. The minimum Gasteiger partial charge on any atom is -0.383 e. The minimum atomic E-state index is 0.486. The zero-order chi connectivity index (χ0) is 11.8. The number of anilines is 1. The Kier molecular flexibility index (Phi) is 5.63. The van der Waals surface area contributed by atoms with Gasteiger partial charge in [-0.1, -0.05) is 11.6 Å². The van der Waals surface area contributed by atoms with E-state index in [4.69, 9.17) is 22.2 Å². The van der Waals surface area contributed by atoms with Crippen molar-refractivity contribution in [2.75, 3.05) is 25.6 Å². The average Bonchev–Trinajstić information content (AvgIpc) is 2.31. The number of guanidine groups is 1. The van der Waals surface area contributed by atoms with Crippen molar-refractivity contribution in [1.29, 1.82) is 0 Å². The number of methoxy groups -OCH3 is 1. The van der Waals surface area contributed by atoms with Crippen molar-refractivity contribution in [3.8, 4) is 0 Å². The third-order valence-electron chi connectivity index (χ3n) is 1.81. The Morgan fingerprint density at radius 2 is 2.12 bits per heavy atom. The lowest BCUT2D eigenvalue weighted by Crippen LogP contribution is -2.36. The fourth-order valence-electron chi connectivity index (χ4n) is 1.04. The number of hydrogen-bond acceptors (Lipinski definition) is 3. The van der Waals surface area contributed by atoms with Gasteiger partial charge in [-0.05, 0) is 24.3 Å². The van der Waals surface area contributed by atoms with Gasteiger partial charge in [0, 0.05) is 17.8 Å². The molecule has 0 aliphatic carbocycles. The largest absolute Gasteiger partial charge is 0.383 e. The maximum absolute atomic E-state index is 5.77. The Balaban J connectivity index is 2.55. The minimum absolute atomic E-state index is 0.486. The van der Waals surface area contributed by atoms with Crippen LogP contribution in [-0.4, -0.2) is 26.2 Å². The molecule has 0 aliphatic heterocycles. The van der Waals surface area contributed by atoms with Crippen molar-refractivity contribution in [2.24, 2.45) is 10.8 Å². The summed E-state index contributed by atoms with van der Waals surface area (Å²) in [7, 11) is 1.62. The molecule has 0 aliphatic rings. The number of benzene rings is 1. The summed E-state index contributed by atoms with van der Waals surface area (Å²) in [6.07, 6.45) is 0. The molecule has 0 fully saturated rings. The molecule has 0 spiro atoms. The van der Waals surface area contributed by atoms with E-state index in [0.29, 0.717) is 24.1 Å². The Labute approximate surface area is 99.6 Å². The summed E-state index contributed by atoms with van der Waals surface area (Å²) in [5, 5.41) is 3.70. The lowest BCUT2D eigenvalue weighted by Gasteiger charge is -2.08. The third kappa shape index (κ3) is 4.48. The number of halogens is 1. The first-order chi connectivity index (χ1) is 7.76. The number of hydrogen-bond donors (Lipinski definition) is 3. The fraction of sp³-hybridized carbons (Fsp3) is 0.300. The number of ether oxygens (including phenoxy) is 1. The van der Waals surface area contributed by atoms with Gasteiger partial charge in [-0.25, -0.2) is 10.8 Å². The monoisotopic (exact) mass is 242 g/mol. The zero-order valence-corrected chi connectivity index (χ0v) is 9.79. The van der Waals surface area contributed by atoms with Gasteiger partial charge in [-0.3, -0.25) is 5.43 Å². The highest BCUT2D eigenvalue weighted by atomic mass is 35.5. The molecule has 0 saturated heterocycles. The molecule has 16 heavy (non-hydrogen) atoms. The van der Waals surface area contributed by atoms with E-state index in [2.05, 4.69) is 15.7 Å². The molecule has 0 aromatic heterocycles. The standard InChI is InChI=1S/C10H15ClN4O/c1-16-7-6-13-10(15-12)14-9-4-2-8(11)3-5-9/h2-5H,6-7,12H2,1H3,(H2,13,14,15). The van der Waals surface area contributed by atoms with Crippen LogP contribution in [0.3, 0.4) is 0 Å². The molecule has 0 unspecified atom stereocenters. The van der Waals surface area contributed by atoms with Crippen molar-refractivity contribution in [3.05, 3.63) is 29.3 Å². The molecule has 88 valence electrons. The van der Waals surface area contributed by atoms with Crippen LogP contribution in [0.25, 0.3) is 0 Å². The molecule has 0 bridgehead atoms. The van der Waals surface area contributed by atoms with E-state index in [1.807, 2.05) is 12.1 Å². The van der Waals surface area contributed by atoms with Crippen LogP contribution in [0.15, 0.2) is 29.3 Å². The normalized spacial score (nSPS) is 11.3. The van der Waals surface area contributed by atoms with E-state index in [9.17, 15) is 0 Å². The van der Waals surface area contributed by atoms with Gasteiger partial charge in [-0.2, -0.15) is 0 Å². The summed E-state index contributed by atoms with van der Waals surface area (Å²) in [5.41, 5.74) is 3.33. The van der Waals surface area contributed by atoms with Crippen LogP contribution in [0.1, 0.15) is 0 Å². The van der Waals surface area contributed by atoms with Crippen LogP contribution in [0.5, 0.6) is 0 Å². The van der Waals surface area contributed by atoms with Crippen LogP contribution in [0, 0.1) is 0 Å². The van der Waals surface area contributed by atoms with Crippen molar-refractivity contribution >= 4 is 23.2 Å². The quantitative estimate of drug-likeness (QED) is 0.244. The molecule has 5 nitrogen and oxygen atoms in total. The lowest BCUT2D eigenvalue weighted by molar-refractivity contribution is 0.208. The summed E-state index contributed by atoms with van der Waals surface area (Å²) in [6.45, 7) is 1.09. The third-order valence-corrected chi connectivity index (χ3v) is 2.06. The Hall–Kier alpha value is -1.30. The number of hydrazine groups is 1. The van der Waals surface area contributed by atoms with Gasteiger partial charge < -0.3 is 10.1 Å². The molecule has 0 radical (unpaired) electrons. The number of rotatable bonds is 4. The maximum Gasteiger partial charge on any atom is 0.210 e. The zero-order valence-electron chi connectivity index (χ0n) is 9.03. The van der Waals surface area contributed by atoms with E-state index in [0.717, 1.165) is 5.69 Å². The Morgan fingerprint density at radius 1 is 1.44 bits per heavy atom. The number of nitrogens with two attached hydrogens (primary N) is 1. The molecule has 1 aromatic carbocycles. The van der Waals surface area contributed by atoms with Crippen molar-refractivity contribution < 1.29 is 4.74 Å². The fourth-order valence-corrected chi connectivity index (χ4v) is 1.17. The van der Waals surface area contributed by atoms with Gasteiger partial charge in [-0.15, -0.1) is 0 Å². The molecule has 0 amide bonds. The first-order valence-corrected chi connectivity index (χ1v) is 5.16. The van der Waals surface area contributed by atoms with Crippen molar-refractivity contribution in [2.45, 2.75) is 0 Å². The summed E-state index contributed by atoms with van der Waals surface area (Å²) in [5.74, 6) is 5.81. The first-order valence-electron chi connectivity index (χ1n) is 4.79. The van der Waals surface area contributed by atoms with Gasteiger partial charge >= 0.3 is 0 Å². The van der Waals surface area contributed by atoms with Crippen LogP contribution >= 0.6 is 11.6 Å². The Morgan fingerprint density at radius 3 is 2.69 bits per heavy atom. The summed E-state index contributed by atoms with van der Waals surface area (Å²) in [6, 6.07) is 7.25. The second-order valence-corrected chi connectivity index (χ2v) is 3.44. The number of nitrogens with zero attached hydrogens (tertiary/aromatic N) is 1. The van der Waals surface area contributed by atoms with E-state index < -0.39 is 0 Å². The van der Waals surface area contributed by atoms with Crippen LogP contribution < -0.4 is 16.6 Å². The van der Waals surface area contributed by atoms with Crippen molar-refractivity contribution in [3.63, 3.8) is 0 Å². The molecule has 0 saturated carbocycles. The first kappa shape index (κ1) is 12.8. The molecule has 4 N–H and O–H groups in total. The van der Waals surface area contributed by atoms with Crippen LogP contribution in [0.4, 0.5) is 5.69 Å². The lowest BCUT2D eigenvalue weighted by atomic mass is 10.3. The molecule has 0 atom stereocenters. The predicted octanol–water partition coefficient (Wildman–Crippen LogP) is 1.22. The Bertz CT molecular complexity index is 339. The molecular formula is C10H15ClN4O. The molecule has 1 aromatic rings. The van der Waals surface area contributed by atoms with E-state index in [1.165, 1.54) is 0 Å². The molecule has 1 rings (SSSR count). The summed E-state index contributed by atoms with van der Waals surface area (Å²) in [4.78, 5) is 4.16. The van der Waals surface area contributed by atoms with Crippen molar-refractivity contribution in [1.82, 2.24) is 5.43 Å². The molecular weight excluding hydrogens is 228 g/mol. The van der Waals surface area contributed by atoms with Crippen LogP contribution in [-0.2, 0) is 4.74 Å². The van der Waals surface area contributed by atoms with Gasteiger partial charge in [0.1, 0.15) is 0 Å². The van der Waals surface area contributed by atoms with Gasteiger partial charge in [0.2, 0.25) is 5.96 Å². The highest BCUT2D eigenvalue weighted by molar-refractivity contribution is 6.30.